The number of nitrogens with zero attached hydrogens (tertiary/aromatic N) is 1. The second kappa shape index (κ2) is 11.4. The van der Waals surface area contributed by atoms with Crippen LogP contribution in [0.1, 0.15) is 79.4 Å². The number of hydrogen-bond donors (Lipinski definition) is 1. The van der Waals surface area contributed by atoms with E-state index in [1.54, 1.807) is 53.7 Å². The number of aliphatic hydroxyl groups is 1. The van der Waals surface area contributed by atoms with E-state index in [9.17, 15) is 24.3 Å². The molecular formula is C33H43NO12. The molecule has 13 nitrogen and oxygen atoms in total. The maximum absolute atomic E-state index is 13.3. The topological polar surface area (TPSA) is 156 Å². The fourth-order valence-electron chi connectivity index (χ4n) is 6.85. The second-order valence-electron chi connectivity index (χ2n) is 14.4. The van der Waals surface area contributed by atoms with Gasteiger partial charge in [-0.2, -0.15) is 0 Å². The maximum Gasteiger partial charge on any atom is 0.514 e. The van der Waals surface area contributed by atoms with Crippen LogP contribution in [0, 0.1) is 0 Å². The van der Waals surface area contributed by atoms with Gasteiger partial charge in [-0.05, 0) is 99.5 Å². The third-order valence-corrected chi connectivity index (χ3v) is 8.76. The van der Waals surface area contributed by atoms with Crippen molar-refractivity contribution in [1.29, 1.82) is 0 Å². The first-order valence-electron chi connectivity index (χ1n) is 15.4. The van der Waals surface area contributed by atoms with Gasteiger partial charge in [-0.25, -0.2) is 19.2 Å². The van der Waals surface area contributed by atoms with E-state index in [-0.39, 0.29) is 29.7 Å². The van der Waals surface area contributed by atoms with Gasteiger partial charge in [0.25, 0.3) is 0 Å². The van der Waals surface area contributed by atoms with Crippen molar-refractivity contribution >= 4 is 24.2 Å². The summed E-state index contributed by atoms with van der Waals surface area (Å²) in [7, 11) is 1.97. The van der Waals surface area contributed by atoms with Gasteiger partial charge < -0.3 is 43.2 Å². The molecule has 2 aliphatic heterocycles. The molecule has 13 heteroatoms. The quantitative estimate of drug-likeness (QED) is 0.268. The number of piperidine rings is 1. The predicted octanol–water partition coefficient (Wildman–Crippen LogP) is 4.09. The van der Waals surface area contributed by atoms with Crippen LogP contribution in [-0.2, 0) is 45.1 Å². The number of likely N-dealkylation sites (N-methyl/N-ethyl adjacent to an activating group) is 1. The molecule has 0 amide bonds. The Hall–Kier alpha value is -3.84. The maximum atomic E-state index is 13.3. The first kappa shape index (κ1) is 33.5. The van der Waals surface area contributed by atoms with Crippen LogP contribution >= 0.6 is 0 Å². The van der Waals surface area contributed by atoms with E-state index in [4.69, 9.17) is 33.2 Å². The van der Waals surface area contributed by atoms with E-state index in [2.05, 4.69) is 4.90 Å². The molecule has 2 heterocycles. The Morgan fingerprint density at radius 3 is 2.22 bits per heavy atom. The fraction of sp³-hybridized carbons (Fsp3) is 0.636. The molecule has 1 unspecified atom stereocenters. The minimum absolute atomic E-state index is 0.128. The average molecular weight is 646 g/mol. The van der Waals surface area contributed by atoms with Crippen molar-refractivity contribution in [3.63, 3.8) is 0 Å². The third-order valence-electron chi connectivity index (χ3n) is 8.76. The minimum atomic E-state index is -1.38. The highest BCUT2D eigenvalue weighted by Gasteiger charge is 2.72. The van der Waals surface area contributed by atoms with Gasteiger partial charge in [-0.1, -0.05) is 6.07 Å². The van der Waals surface area contributed by atoms with Gasteiger partial charge in [0, 0.05) is 18.0 Å². The summed E-state index contributed by atoms with van der Waals surface area (Å²) >= 11 is 0. The summed E-state index contributed by atoms with van der Waals surface area (Å²) in [5.41, 5.74) is -2.25. The Labute approximate surface area is 268 Å². The Kier molecular flexibility index (Phi) is 8.34. The van der Waals surface area contributed by atoms with Crippen molar-refractivity contribution in [3.05, 3.63) is 35.1 Å². The lowest BCUT2D eigenvalue weighted by molar-refractivity contribution is -0.178. The van der Waals surface area contributed by atoms with Gasteiger partial charge in [0.05, 0.1) is 11.0 Å². The number of ether oxygens (including phenoxy) is 7. The number of carbonyl (C=O) groups is 4. The number of hydrogen-bond acceptors (Lipinski definition) is 13. The highest BCUT2D eigenvalue weighted by atomic mass is 16.7. The van der Waals surface area contributed by atoms with E-state index >= 15 is 0 Å². The summed E-state index contributed by atoms with van der Waals surface area (Å²) in [6.45, 7) is 13.4. The van der Waals surface area contributed by atoms with Crippen molar-refractivity contribution in [2.45, 2.75) is 121 Å². The van der Waals surface area contributed by atoms with E-state index in [1.807, 2.05) is 13.1 Å². The van der Waals surface area contributed by atoms with Gasteiger partial charge in [0.2, 0.25) is 0 Å². The smallest absolute Gasteiger partial charge is 0.477 e. The van der Waals surface area contributed by atoms with Crippen molar-refractivity contribution in [2.24, 2.45) is 0 Å². The van der Waals surface area contributed by atoms with Crippen molar-refractivity contribution < 1.29 is 57.4 Å². The highest BCUT2D eigenvalue weighted by Crippen LogP contribution is 2.65. The van der Waals surface area contributed by atoms with E-state index in [0.29, 0.717) is 19.4 Å². The summed E-state index contributed by atoms with van der Waals surface area (Å²) in [4.78, 5) is 52.6. The molecule has 4 aliphatic rings. The highest BCUT2D eigenvalue weighted by molar-refractivity contribution is 5.82. The van der Waals surface area contributed by atoms with Crippen LogP contribution in [0.4, 0.5) is 9.59 Å². The summed E-state index contributed by atoms with van der Waals surface area (Å²) in [6.07, 6.45) is -2.83. The molecule has 46 heavy (non-hydrogen) atoms. The van der Waals surface area contributed by atoms with Crippen LogP contribution in [0.2, 0.25) is 0 Å². The van der Waals surface area contributed by atoms with Crippen LogP contribution in [0.3, 0.4) is 0 Å². The molecule has 1 N–H and O–H groups in total. The largest absolute Gasteiger partial charge is 0.514 e. The number of esters is 2. The minimum Gasteiger partial charge on any atom is -0.477 e. The molecule has 2 bridgehead atoms. The van der Waals surface area contributed by atoms with Crippen LogP contribution < -0.4 is 9.47 Å². The normalized spacial score (nSPS) is 27.6. The van der Waals surface area contributed by atoms with Crippen molar-refractivity contribution in [2.75, 3.05) is 13.6 Å². The van der Waals surface area contributed by atoms with E-state index < -0.39 is 64.8 Å². The molecule has 6 atom stereocenters. The van der Waals surface area contributed by atoms with Gasteiger partial charge in [-0.3, -0.25) is 0 Å². The Balaban J connectivity index is 1.38. The predicted molar refractivity (Wildman–Crippen MR) is 160 cm³/mol. The molecule has 0 saturated carbocycles. The lowest BCUT2D eigenvalue weighted by Crippen LogP contribution is -2.74. The lowest BCUT2D eigenvalue weighted by Gasteiger charge is -2.61. The van der Waals surface area contributed by atoms with Crippen molar-refractivity contribution in [1.82, 2.24) is 4.90 Å². The molecule has 0 radical (unpaired) electrons. The SMILES string of the molecule is CC(OC(=O)[C@H](C)OC(=O)OC(C)(C)C)C(=O)OC1=CC[C@@]2(O)[C@H]3Cc4ccc(OC(=O)OC(C)(C)C)c5c4[C@@]2(CCN3C)[C@H]1O5. The number of likely N-dealkylation sites (tertiary alicyclic amines) is 1. The first-order valence-corrected chi connectivity index (χ1v) is 15.4. The van der Waals surface area contributed by atoms with Gasteiger partial charge >= 0.3 is 24.2 Å². The first-order chi connectivity index (χ1) is 21.3. The molecule has 5 rings (SSSR count). The molecule has 0 aromatic heterocycles. The molecule has 1 spiro atoms. The standard InChI is InChI=1S/C33H43NO12/c1-17(40-26(35)18(2)41-28(37)45-30(3,4)5)27(36)42-21-12-13-33(39)22-16-19-10-11-20(43-29(38)46-31(6,7)8)24-23(19)32(33,25(21)44-24)14-15-34(22)9/h10-12,17-18,22,25,39H,13-16H2,1-9H3/t17?,18-,22+,25-,32-,33+/m0/s1. The summed E-state index contributed by atoms with van der Waals surface area (Å²) in [5.74, 6) is -1.30. The zero-order chi connectivity index (χ0) is 34.0. The van der Waals surface area contributed by atoms with E-state index in [1.165, 1.54) is 13.8 Å². The number of benzene rings is 1. The van der Waals surface area contributed by atoms with Gasteiger partial charge in [0.1, 0.15) is 17.0 Å². The monoisotopic (exact) mass is 645 g/mol. The zero-order valence-electron chi connectivity index (χ0n) is 27.8. The summed E-state index contributed by atoms with van der Waals surface area (Å²) < 4.78 is 38.6. The summed E-state index contributed by atoms with van der Waals surface area (Å²) in [5, 5.41) is 12.4. The zero-order valence-corrected chi connectivity index (χ0v) is 27.8. The Morgan fingerprint density at radius 1 is 0.935 bits per heavy atom. The Bertz CT molecular complexity index is 1470. The lowest BCUT2D eigenvalue weighted by atomic mass is 9.50. The van der Waals surface area contributed by atoms with Crippen LogP contribution in [-0.4, -0.2) is 89.0 Å². The van der Waals surface area contributed by atoms with Gasteiger partial charge in [-0.15, -0.1) is 0 Å². The molecule has 1 aromatic rings. The number of rotatable bonds is 6. The fourth-order valence-corrected chi connectivity index (χ4v) is 6.85. The molecular weight excluding hydrogens is 602 g/mol. The molecule has 1 aromatic carbocycles. The average Bonchev–Trinajstić information content (AvgIpc) is 3.27. The van der Waals surface area contributed by atoms with Crippen LogP contribution in [0.15, 0.2) is 24.0 Å². The van der Waals surface area contributed by atoms with Crippen LogP contribution in [0.5, 0.6) is 11.5 Å². The Morgan fingerprint density at radius 2 is 1.57 bits per heavy atom. The van der Waals surface area contributed by atoms with Crippen LogP contribution in [0.25, 0.3) is 0 Å². The molecule has 1 fully saturated rings. The summed E-state index contributed by atoms with van der Waals surface area (Å²) in [6, 6.07) is 3.26. The third kappa shape index (κ3) is 5.90. The molecule has 2 aliphatic carbocycles. The van der Waals surface area contributed by atoms with Gasteiger partial charge in [0.15, 0.2) is 29.8 Å². The number of carbonyl (C=O) groups excluding carboxylic acids is 4. The molecule has 252 valence electrons. The molecule has 1 saturated heterocycles. The second-order valence-corrected chi connectivity index (χ2v) is 14.4. The van der Waals surface area contributed by atoms with Crippen molar-refractivity contribution in [3.8, 4) is 11.5 Å². The van der Waals surface area contributed by atoms with E-state index in [0.717, 1.165) is 11.1 Å².